The summed E-state index contributed by atoms with van der Waals surface area (Å²) in [6.07, 6.45) is 2.93. The normalized spacial score (nSPS) is 26.8. The number of morpholine rings is 1. The smallest absolute Gasteiger partial charge is 0.243 e. The molecule has 1 aliphatic carbocycles. The van der Waals surface area contributed by atoms with Crippen LogP contribution in [0.3, 0.4) is 0 Å². The topological polar surface area (TPSA) is 46.6 Å². The lowest BCUT2D eigenvalue weighted by Gasteiger charge is -2.36. The standard InChI is InChI=1S/C15H20ClNO3S/c1-11-5-6-12(10-16)9-15(11)21(18,19)17-7-8-20-14-4-2-3-13(14)17/h5-6,9,13-14H,2-4,7-8,10H2,1H3. The number of fused-ring (bicyclic) bond motifs is 1. The Balaban J connectivity index is 2.00. The first-order chi connectivity index (χ1) is 10.0. The first-order valence-corrected chi connectivity index (χ1v) is 9.30. The molecule has 2 unspecified atom stereocenters. The number of hydrogen-bond acceptors (Lipinski definition) is 3. The average molecular weight is 330 g/mol. The number of alkyl halides is 1. The Morgan fingerprint density at radius 1 is 1.38 bits per heavy atom. The Kier molecular flexibility index (Phi) is 4.28. The highest BCUT2D eigenvalue weighted by molar-refractivity contribution is 7.89. The third-order valence-electron chi connectivity index (χ3n) is 4.42. The molecule has 3 rings (SSSR count). The third kappa shape index (κ3) is 2.72. The van der Waals surface area contributed by atoms with Crippen LogP contribution in [-0.4, -0.2) is 38.0 Å². The van der Waals surface area contributed by atoms with Gasteiger partial charge >= 0.3 is 0 Å². The number of ether oxygens (including phenoxy) is 1. The van der Waals surface area contributed by atoms with Crippen molar-refractivity contribution in [1.29, 1.82) is 0 Å². The largest absolute Gasteiger partial charge is 0.375 e. The minimum absolute atomic E-state index is 0.0113. The van der Waals surface area contributed by atoms with Crippen molar-refractivity contribution in [3.05, 3.63) is 29.3 Å². The van der Waals surface area contributed by atoms with E-state index in [0.717, 1.165) is 30.4 Å². The van der Waals surface area contributed by atoms with Gasteiger partial charge in [0.25, 0.3) is 0 Å². The summed E-state index contributed by atoms with van der Waals surface area (Å²) in [7, 11) is -3.48. The molecule has 2 aliphatic rings. The van der Waals surface area contributed by atoms with E-state index in [2.05, 4.69) is 0 Å². The van der Waals surface area contributed by atoms with Gasteiger partial charge in [-0.15, -0.1) is 11.6 Å². The van der Waals surface area contributed by atoms with Gasteiger partial charge in [-0.25, -0.2) is 8.42 Å². The number of halogens is 1. The maximum Gasteiger partial charge on any atom is 0.243 e. The van der Waals surface area contributed by atoms with Gasteiger partial charge in [0.1, 0.15) is 0 Å². The minimum Gasteiger partial charge on any atom is -0.375 e. The van der Waals surface area contributed by atoms with E-state index in [4.69, 9.17) is 16.3 Å². The van der Waals surface area contributed by atoms with Crippen LogP contribution in [0.4, 0.5) is 0 Å². The van der Waals surface area contributed by atoms with E-state index in [1.807, 2.05) is 19.1 Å². The van der Waals surface area contributed by atoms with Crippen molar-refractivity contribution >= 4 is 21.6 Å². The summed E-state index contributed by atoms with van der Waals surface area (Å²) in [4.78, 5) is 0.383. The van der Waals surface area contributed by atoms with Gasteiger partial charge in [-0.3, -0.25) is 0 Å². The second-order valence-corrected chi connectivity index (χ2v) is 7.88. The van der Waals surface area contributed by atoms with Crippen LogP contribution in [0.25, 0.3) is 0 Å². The van der Waals surface area contributed by atoms with Gasteiger partial charge in [0.05, 0.1) is 23.6 Å². The third-order valence-corrected chi connectivity index (χ3v) is 6.80. The Labute approximate surface area is 131 Å². The second kappa shape index (κ2) is 5.88. The van der Waals surface area contributed by atoms with Crippen molar-refractivity contribution in [2.75, 3.05) is 13.2 Å². The number of aryl methyl sites for hydroxylation is 1. The quantitative estimate of drug-likeness (QED) is 0.801. The molecule has 0 aromatic heterocycles. The zero-order valence-electron chi connectivity index (χ0n) is 12.1. The highest BCUT2D eigenvalue weighted by atomic mass is 35.5. The van der Waals surface area contributed by atoms with E-state index in [-0.39, 0.29) is 12.1 Å². The van der Waals surface area contributed by atoms with E-state index in [9.17, 15) is 8.42 Å². The molecule has 1 aromatic carbocycles. The van der Waals surface area contributed by atoms with Crippen molar-refractivity contribution in [2.24, 2.45) is 0 Å². The summed E-state index contributed by atoms with van der Waals surface area (Å²) in [6.45, 7) is 2.75. The van der Waals surface area contributed by atoms with Crippen LogP contribution >= 0.6 is 11.6 Å². The van der Waals surface area contributed by atoms with E-state index in [1.54, 1.807) is 10.4 Å². The summed E-state index contributed by atoms with van der Waals surface area (Å²) in [5.41, 5.74) is 1.60. The van der Waals surface area contributed by atoms with Gasteiger partial charge in [0, 0.05) is 12.4 Å². The predicted octanol–water partition coefficient (Wildman–Crippen LogP) is 2.68. The maximum absolute atomic E-state index is 13.0. The Hall–Kier alpha value is -0.620. The molecule has 1 saturated carbocycles. The van der Waals surface area contributed by atoms with E-state index in [1.165, 1.54) is 0 Å². The van der Waals surface area contributed by atoms with E-state index in [0.29, 0.717) is 23.9 Å². The van der Waals surface area contributed by atoms with Crippen molar-refractivity contribution in [2.45, 2.75) is 49.1 Å². The molecule has 4 nitrogen and oxygen atoms in total. The summed E-state index contributed by atoms with van der Waals surface area (Å²) in [5, 5.41) is 0. The molecule has 2 fully saturated rings. The monoisotopic (exact) mass is 329 g/mol. The molecule has 6 heteroatoms. The highest BCUT2D eigenvalue weighted by Gasteiger charge is 2.42. The van der Waals surface area contributed by atoms with Crippen LogP contribution in [0.15, 0.2) is 23.1 Å². The molecule has 2 atom stereocenters. The van der Waals surface area contributed by atoms with Crippen molar-refractivity contribution in [3.63, 3.8) is 0 Å². The molecule has 116 valence electrons. The second-order valence-electron chi connectivity index (χ2n) is 5.76. The highest BCUT2D eigenvalue weighted by Crippen LogP contribution is 2.34. The van der Waals surface area contributed by atoms with Crippen LogP contribution in [0.5, 0.6) is 0 Å². The van der Waals surface area contributed by atoms with Crippen LogP contribution in [0.2, 0.25) is 0 Å². The fraction of sp³-hybridized carbons (Fsp3) is 0.600. The molecule has 0 amide bonds. The number of rotatable bonds is 3. The van der Waals surface area contributed by atoms with Gasteiger partial charge < -0.3 is 4.74 Å². The zero-order valence-corrected chi connectivity index (χ0v) is 13.7. The van der Waals surface area contributed by atoms with Gasteiger partial charge in [-0.05, 0) is 43.4 Å². The number of sulfonamides is 1. The summed E-state index contributed by atoms with van der Waals surface area (Å²) in [5.74, 6) is 0.317. The number of benzene rings is 1. The van der Waals surface area contributed by atoms with Gasteiger partial charge in [0.15, 0.2) is 0 Å². The van der Waals surface area contributed by atoms with Gasteiger partial charge in [0.2, 0.25) is 10.0 Å². The molecule has 1 aliphatic heterocycles. The van der Waals surface area contributed by atoms with Crippen LogP contribution in [0, 0.1) is 6.92 Å². The summed E-state index contributed by atoms with van der Waals surface area (Å²) in [6, 6.07) is 5.40. The molecule has 21 heavy (non-hydrogen) atoms. The van der Waals surface area contributed by atoms with Crippen LogP contribution in [-0.2, 0) is 20.6 Å². The van der Waals surface area contributed by atoms with Crippen molar-refractivity contribution in [3.8, 4) is 0 Å². The lowest BCUT2D eigenvalue weighted by Crippen LogP contribution is -2.51. The molecule has 1 aromatic rings. The SMILES string of the molecule is Cc1ccc(CCl)cc1S(=O)(=O)N1CCOC2CCCC21. The Bertz CT molecular complexity index is 632. The van der Waals surface area contributed by atoms with Gasteiger partial charge in [-0.1, -0.05) is 12.1 Å². The lowest BCUT2D eigenvalue weighted by atomic mass is 10.2. The van der Waals surface area contributed by atoms with Gasteiger partial charge in [-0.2, -0.15) is 4.31 Å². The summed E-state index contributed by atoms with van der Waals surface area (Å²) < 4.78 is 33.5. The minimum atomic E-state index is -3.48. The van der Waals surface area contributed by atoms with Crippen LogP contribution in [0.1, 0.15) is 30.4 Å². The molecule has 0 N–H and O–H groups in total. The predicted molar refractivity (Wildman–Crippen MR) is 82.0 cm³/mol. The fourth-order valence-electron chi connectivity index (χ4n) is 3.32. The number of nitrogens with zero attached hydrogens (tertiary/aromatic N) is 1. The molecule has 1 saturated heterocycles. The zero-order chi connectivity index (χ0) is 15.0. The van der Waals surface area contributed by atoms with E-state index >= 15 is 0 Å². The first-order valence-electron chi connectivity index (χ1n) is 7.33. The average Bonchev–Trinajstić information content (AvgIpc) is 2.95. The molecule has 0 radical (unpaired) electrons. The molecule has 0 spiro atoms. The van der Waals surface area contributed by atoms with Crippen molar-refractivity contribution in [1.82, 2.24) is 4.31 Å². The maximum atomic E-state index is 13.0. The molecular formula is C15H20ClNO3S. The first kappa shape index (κ1) is 15.3. The van der Waals surface area contributed by atoms with Crippen LogP contribution < -0.4 is 0 Å². The van der Waals surface area contributed by atoms with Crippen molar-refractivity contribution < 1.29 is 13.2 Å². The lowest BCUT2D eigenvalue weighted by molar-refractivity contribution is -0.0241. The molecule has 1 heterocycles. The van der Waals surface area contributed by atoms with E-state index < -0.39 is 10.0 Å². The molecule has 0 bridgehead atoms. The fourth-order valence-corrected chi connectivity index (χ4v) is 5.43. The molecular weight excluding hydrogens is 310 g/mol. The Morgan fingerprint density at radius 2 is 2.19 bits per heavy atom. The number of hydrogen-bond donors (Lipinski definition) is 0. The summed E-state index contributed by atoms with van der Waals surface area (Å²) >= 11 is 5.85. The Morgan fingerprint density at radius 3 is 2.95 bits per heavy atom.